The molecule has 2 atom stereocenters. The van der Waals surface area contributed by atoms with E-state index in [4.69, 9.17) is 21.1 Å². The molecule has 1 aliphatic rings. The molecule has 0 spiro atoms. The molecule has 0 aliphatic carbocycles. The van der Waals surface area contributed by atoms with Crippen molar-refractivity contribution in [1.29, 1.82) is 0 Å². The smallest absolute Gasteiger partial charge is 0.321 e. The first-order chi connectivity index (χ1) is 14.9. The van der Waals surface area contributed by atoms with Gasteiger partial charge in [0.2, 0.25) is 0 Å². The quantitative estimate of drug-likeness (QED) is 0.591. The summed E-state index contributed by atoms with van der Waals surface area (Å²) in [6, 6.07) is 7.43. The number of aliphatic carboxylic acids is 1. The maximum atomic E-state index is 14.4. The van der Waals surface area contributed by atoms with Gasteiger partial charge in [0.05, 0.1) is 23.3 Å². The number of fused-ring (bicyclic) bond motifs is 1. The molecule has 1 saturated heterocycles. The molecular weight excluding hydrogens is 427 g/mol. The Balaban J connectivity index is 1.69. The fourth-order valence-electron chi connectivity index (χ4n) is 3.65. The second kappa shape index (κ2) is 8.52. The lowest BCUT2D eigenvalue weighted by Gasteiger charge is -2.17. The summed E-state index contributed by atoms with van der Waals surface area (Å²) in [5.74, 6) is -0.237. The van der Waals surface area contributed by atoms with Crippen LogP contribution in [0.2, 0.25) is 5.02 Å². The predicted molar refractivity (Wildman–Crippen MR) is 114 cm³/mol. The monoisotopic (exact) mass is 446 g/mol. The summed E-state index contributed by atoms with van der Waals surface area (Å²) in [4.78, 5) is 21.6. The Kier molecular flexibility index (Phi) is 5.79. The number of methoxy groups -OCH3 is 1. The minimum atomic E-state index is -0.887. The summed E-state index contributed by atoms with van der Waals surface area (Å²) < 4.78 is 25.9. The first-order valence-corrected chi connectivity index (χ1v) is 9.88. The molecule has 1 fully saturated rings. The highest BCUT2D eigenvalue weighted by Gasteiger charge is 2.36. The van der Waals surface area contributed by atoms with Crippen LogP contribution in [0.5, 0.6) is 11.5 Å². The number of carboxylic acids is 1. The Labute approximate surface area is 182 Å². The number of aromatic nitrogens is 2. The Morgan fingerprint density at radius 2 is 2.13 bits per heavy atom. The molecule has 0 bridgehead atoms. The molecule has 4 rings (SSSR count). The average molecular weight is 447 g/mol. The number of likely N-dealkylation sites (tertiary alicyclic amines) is 1. The standard InChI is InChI=1S/C21H20ClFN4O4/c1-27-9-11(6-16(27)21(28)29)31-18-7-12-15(8-17(18)30-2)24-10-25-20(12)26-14-5-3-4-13(22)19(14)23/h3-5,7-8,10-11,16H,6,9H2,1-2H3,(H,28,29)(H,24,25,26)/t11-,16+/m1/s1. The van der Waals surface area contributed by atoms with E-state index in [0.717, 1.165) is 0 Å². The minimum Gasteiger partial charge on any atom is -0.493 e. The lowest BCUT2D eigenvalue weighted by molar-refractivity contribution is -0.141. The lowest BCUT2D eigenvalue weighted by Crippen LogP contribution is -2.32. The summed E-state index contributed by atoms with van der Waals surface area (Å²) in [6.45, 7) is 0.461. The number of likely N-dealkylation sites (N-methyl/N-ethyl adjacent to an activating group) is 1. The van der Waals surface area contributed by atoms with Gasteiger partial charge >= 0.3 is 5.97 Å². The van der Waals surface area contributed by atoms with Crippen LogP contribution in [0.4, 0.5) is 15.9 Å². The molecule has 0 amide bonds. The maximum absolute atomic E-state index is 14.4. The number of carboxylic acid groups (broad SMARTS) is 1. The van der Waals surface area contributed by atoms with Crippen molar-refractivity contribution in [2.45, 2.75) is 18.6 Å². The molecule has 2 N–H and O–H groups in total. The highest BCUT2D eigenvalue weighted by atomic mass is 35.5. The number of ether oxygens (including phenoxy) is 2. The molecule has 2 aromatic carbocycles. The van der Waals surface area contributed by atoms with Gasteiger partial charge in [-0.15, -0.1) is 0 Å². The van der Waals surface area contributed by atoms with Crippen LogP contribution >= 0.6 is 11.6 Å². The highest BCUT2D eigenvalue weighted by Crippen LogP contribution is 2.37. The lowest BCUT2D eigenvalue weighted by atomic mass is 10.1. The third-order valence-corrected chi connectivity index (χ3v) is 5.51. The average Bonchev–Trinajstić information content (AvgIpc) is 3.11. The molecular formula is C21H20ClFN4O4. The van der Waals surface area contributed by atoms with Crippen LogP contribution in [0.25, 0.3) is 10.9 Å². The van der Waals surface area contributed by atoms with Gasteiger partial charge in [0.15, 0.2) is 17.3 Å². The van der Waals surface area contributed by atoms with Crippen LogP contribution < -0.4 is 14.8 Å². The largest absolute Gasteiger partial charge is 0.493 e. The molecule has 1 aromatic heterocycles. The molecule has 3 aromatic rings. The molecule has 8 nitrogen and oxygen atoms in total. The van der Waals surface area contributed by atoms with Gasteiger partial charge < -0.3 is 19.9 Å². The van der Waals surface area contributed by atoms with Gasteiger partial charge in [-0.05, 0) is 25.2 Å². The van der Waals surface area contributed by atoms with E-state index in [2.05, 4.69) is 15.3 Å². The zero-order valence-corrected chi connectivity index (χ0v) is 17.6. The van der Waals surface area contributed by atoms with Gasteiger partial charge in [-0.25, -0.2) is 14.4 Å². The third-order valence-electron chi connectivity index (χ3n) is 5.21. The molecule has 162 valence electrons. The predicted octanol–water partition coefficient (Wildman–Crippen LogP) is 3.71. The van der Waals surface area contributed by atoms with Gasteiger partial charge in [0, 0.05) is 24.4 Å². The van der Waals surface area contributed by atoms with Crippen molar-refractivity contribution in [3.8, 4) is 11.5 Å². The van der Waals surface area contributed by atoms with Crippen LogP contribution in [0.1, 0.15) is 6.42 Å². The van der Waals surface area contributed by atoms with Gasteiger partial charge in [0.25, 0.3) is 0 Å². The number of nitrogens with zero attached hydrogens (tertiary/aromatic N) is 3. The minimum absolute atomic E-state index is 0.00705. The van der Waals surface area contributed by atoms with Gasteiger partial charge in [-0.1, -0.05) is 17.7 Å². The molecule has 0 unspecified atom stereocenters. The van der Waals surface area contributed by atoms with Crippen molar-refractivity contribution in [3.05, 3.63) is 47.5 Å². The van der Waals surface area contributed by atoms with E-state index in [1.54, 1.807) is 36.2 Å². The van der Waals surface area contributed by atoms with Crippen molar-refractivity contribution >= 4 is 40.0 Å². The summed E-state index contributed by atoms with van der Waals surface area (Å²) in [6.07, 6.45) is 1.37. The SMILES string of the molecule is COc1cc2ncnc(Nc3cccc(Cl)c3F)c2cc1O[C@@H]1C[C@@H](C(=O)O)N(C)C1. The van der Waals surface area contributed by atoms with Crippen LogP contribution in [0.3, 0.4) is 0 Å². The van der Waals surface area contributed by atoms with Crippen LogP contribution in [-0.4, -0.2) is 58.8 Å². The second-order valence-electron chi connectivity index (χ2n) is 7.24. The first-order valence-electron chi connectivity index (χ1n) is 9.51. The fourth-order valence-corrected chi connectivity index (χ4v) is 3.82. The number of anilines is 2. The van der Waals surface area contributed by atoms with Gasteiger partial charge in [0.1, 0.15) is 24.3 Å². The number of rotatable bonds is 6. The Hall–Kier alpha value is -3.17. The van der Waals surface area contributed by atoms with E-state index in [9.17, 15) is 14.3 Å². The second-order valence-corrected chi connectivity index (χ2v) is 7.65. The van der Waals surface area contributed by atoms with Crippen molar-refractivity contribution in [1.82, 2.24) is 14.9 Å². The molecule has 31 heavy (non-hydrogen) atoms. The zero-order chi connectivity index (χ0) is 22.1. The Bertz CT molecular complexity index is 1150. The maximum Gasteiger partial charge on any atom is 0.321 e. The summed E-state index contributed by atoms with van der Waals surface area (Å²) in [5, 5.41) is 12.9. The topological polar surface area (TPSA) is 96.8 Å². The van der Waals surface area contributed by atoms with E-state index in [1.165, 1.54) is 19.5 Å². The number of hydrogen-bond donors (Lipinski definition) is 2. The number of carbonyl (C=O) groups is 1. The molecule has 0 radical (unpaired) electrons. The number of hydrogen-bond acceptors (Lipinski definition) is 7. The molecule has 1 aliphatic heterocycles. The Morgan fingerprint density at radius 1 is 1.32 bits per heavy atom. The van der Waals surface area contributed by atoms with Crippen LogP contribution in [-0.2, 0) is 4.79 Å². The van der Waals surface area contributed by atoms with E-state index in [0.29, 0.717) is 41.2 Å². The summed E-state index contributed by atoms with van der Waals surface area (Å²) >= 11 is 5.87. The van der Waals surface area contributed by atoms with E-state index < -0.39 is 17.8 Å². The van der Waals surface area contributed by atoms with Crippen molar-refractivity contribution in [3.63, 3.8) is 0 Å². The fraction of sp³-hybridized carbons (Fsp3) is 0.286. The van der Waals surface area contributed by atoms with Gasteiger partial charge in [-0.2, -0.15) is 0 Å². The van der Waals surface area contributed by atoms with Gasteiger partial charge in [-0.3, -0.25) is 9.69 Å². The normalized spacial score (nSPS) is 18.8. The number of benzene rings is 2. The van der Waals surface area contributed by atoms with Crippen LogP contribution in [0.15, 0.2) is 36.7 Å². The summed E-state index contributed by atoms with van der Waals surface area (Å²) in [7, 11) is 3.26. The molecule has 2 heterocycles. The van der Waals surface area contributed by atoms with Crippen molar-refractivity contribution in [2.75, 3.05) is 26.0 Å². The summed E-state index contributed by atoms with van der Waals surface area (Å²) in [5.41, 5.74) is 0.739. The van der Waals surface area contributed by atoms with Crippen molar-refractivity contribution < 1.29 is 23.8 Å². The van der Waals surface area contributed by atoms with E-state index >= 15 is 0 Å². The third kappa shape index (κ3) is 4.19. The zero-order valence-electron chi connectivity index (χ0n) is 16.8. The number of nitrogens with one attached hydrogen (secondary N) is 1. The highest BCUT2D eigenvalue weighted by molar-refractivity contribution is 6.31. The molecule has 0 saturated carbocycles. The first kappa shape index (κ1) is 21.1. The number of halogens is 2. The Morgan fingerprint density at radius 3 is 2.84 bits per heavy atom. The van der Waals surface area contributed by atoms with Crippen LogP contribution in [0, 0.1) is 5.82 Å². The molecule has 10 heteroatoms. The van der Waals surface area contributed by atoms with Crippen molar-refractivity contribution in [2.24, 2.45) is 0 Å². The van der Waals surface area contributed by atoms with E-state index in [-0.39, 0.29) is 16.8 Å². The van der Waals surface area contributed by atoms with E-state index in [1.807, 2.05) is 0 Å².